The zero-order valence-electron chi connectivity index (χ0n) is 18.8. The van der Waals surface area contributed by atoms with Gasteiger partial charge in [0, 0.05) is 0 Å². The summed E-state index contributed by atoms with van der Waals surface area (Å²) in [5.41, 5.74) is 5.63. The molecule has 0 N–H and O–H groups in total. The quantitative estimate of drug-likeness (QED) is 0.431. The molecular weight excluding hydrogens is 367 g/mol. The Hall–Kier alpha value is -1.63. The summed E-state index contributed by atoms with van der Waals surface area (Å²) < 4.78 is 12.6. The molecule has 0 atom stereocenters. The minimum Gasteiger partial charge on any atom is -0.251 e. The van der Waals surface area contributed by atoms with E-state index in [1.807, 2.05) is 0 Å². The summed E-state index contributed by atoms with van der Waals surface area (Å²) in [6.45, 7) is 2.11. The molecule has 162 valence electrons. The highest BCUT2D eigenvalue weighted by atomic mass is 19.1. The molecule has 2 aromatic carbocycles. The van der Waals surface area contributed by atoms with Crippen molar-refractivity contribution >= 4 is 0 Å². The summed E-state index contributed by atoms with van der Waals surface area (Å²) in [4.78, 5) is 0. The van der Waals surface area contributed by atoms with Crippen molar-refractivity contribution in [3.8, 4) is 11.1 Å². The fourth-order valence-electron chi connectivity index (χ4n) is 6.13. The molecular formula is C29H39F. The van der Waals surface area contributed by atoms with Crippen LogP contribution in [0, 0.1) is 17.8 Å². The summed E-state index contributed by atoms with van der Waals surface area (Å²) in [7, 11) is 0. The van der Waals surface area contributed by atoms with Crippen LogP contribution in [0.15, 0.2) is 48.5 Å². The van der Waals surface area contributed by atoms with Gasteiger partial charge in [0.2, 0.25) is 0 Å². The lowest BCUT2D eigenvalue weighted by atomic mass is 9.68. The van der Waals surface area contributed by atoms with E-state index in [1.165, 1.54) is 86.5 Å². The first-order valence-electron chi connectivity index (χ1n) is 12.5. The van der Waals surface area contributed by atoms with Crippen LogP contribution in [0.4, 0.5) is 4.39 Å². The number of halogens is 1. The molecule has 0 amide bonds. The number of benzene rings is 2. The standard InChI is InChI=1S/C29H39F/c1-2-3-22-4-8-24(9-5-22)26-12-16-28(17-13-26)29-18-14-27(15-19-29)25-10-6-23(7-11-25)20-21-30/h4-5,8-9,12-13,16-17,23,25,27,29H,2-3,6-7,10-11,14-15,18-21H2,1H3/t23-,25-,27?,29?. The van der Waals surface area contributed by atoms with Gasteiger partial charge in [0.1, 0.15) is 0 Å². The zero-order valence-corrected chi connectivity index (χ0v) is 18.8. The summed E-state index contributed by atoms with van der Waals surface area (Å²) in [6, 6.07) is 18.5. The maximum Gasteiger partial charge on any atom is 0.0897 e. The lowest BCUT2D eigenvalue weighted by Crippen LogP contribution is -2.25. The van der Waals surface area contributed by atoms with Crippen molar-refractivity contribution in [1.29, 1.82) is 0 Å². The van der Waals surface area contributed by atoms with Crippen LogP contribution in [0.3, 0.4) is 0 Å². The van der Waals surface area contributed by atoms with E-state index >= 15 is 0 Å². The van der Waals surface area contributed by atoms with Gasteiger partial charge in [0.15, 0.2) is 0 Å². The fourth-order valence-corrected chi connectivity index (χ4v) is 6.13. The van der Waals surface area contributed by atoms with Crippen molar-refractivity contribution in [1.82, 2.24) is 0 Å². The van der Waals surface area contributed by atoms with Crippen LogP contribution in [0.5, 0.6) is 0 Å². The van der Waals surface area contributed by atoms with E-state index in [2.05, 4.69) is 55.5 Å². The van der Waals surface area contributed by atoms with E-state index in [1.54, 1.807) is 0 Å². The first-order chi connectivity index (χ1) is 14.8. The molecule has 0 spiro atoms. The van der Waals surface area contributed by atoms with Crippen LogP contribution in [0.1, 0.15) is 88.2 Å². The largest absolute Gasteiger partial charge is 0.251 e. The summed E-state index contributed by atoms with van der Waals surface area (Å²) in [6.07, 6.45) is 13.9. The van der Waals surface area contributed by atoms with E-state index in [0.29, 0.717) is 5.92 Å². The zero-order chi connectivity index (χ0) is 20.8. The maximum absolute atomic E-state index is 12.6. The minimum atomic E-state index is -0.122. The van der Waals surface area contributed by atoms with Crippen molar-refractivity contribution in [3.63, 3.8) is 0 Å². The van der Waals surface area contributed by atoms with Crippen molar-refractivity contribution in [2.24, 2.45) is 17.8 Å². The molecule has 0 heterocycles. The topological polar surface area (TPSA) is 0 Å². The highest BCUT2D eigenvalue weighted by Gasteiger charge is 2.31. The van der Waals surface area contributed by atoms with Crippen LogP contribution < -0.4 is 0 Å². The predicted octanol–water partition coefficient (Wildman–Crippen LogP) is 8.75. The molecule has 2 fully saturated rings. The Morgan fingerprint density at radius 3 is 1.77 bits per heavy atom. The Morgan fingerprint density at radius 2 is 1.23 bits per heavy atom. The molecule has 2 aliphatic carbocycles. The maximum atomic E-state index is 12.6. The normalized spacial score (nSPS) is 27.1. The molecule has 0 radical (unpaired) electrons. The molecule has 0 aromatic heterocycles. The van der Waals surface area contributed by atoms with Gasteiger partial charge in [-0.2, -0.15) is 0 Å². The molecule has 0 aliphatic heterocycles. The summed E-state index contributed by atoms with van der Waals surface area (Å²) in [5.74, 6) is 3.25. The summed E-state index contributed by atoms with van der Waals surface area (Å²) >= 11 is 0. The number of hydrogen-bond donors (Lipinski definition) is 0. The number of alkyl halides is 1. The lowest BCUT2D eigenvalue weighted by Gasteiger charge is -2.38. The van der Waals surface area contributed by atoms with Crippen molar-refractivity contribution in [2.45, 2.75) is 83.5 Å². The lowest BCUT2D eigenvalue weighted by molar-refractivity contribution is 0.153. The molecule has 30 heavy (non-hydrogen) atoms. The van der Waals surface area contributed by atoms with Crippen LogP contribution in [0.2, 0.25) is 0 Å². The third-order valence-corrected chi connectivity index (χ3v) is 8.06. The second-order valence-electron chi connectivity index (χ2n) is 9.94. The molecule has 2 aromatic rings. The highest BCUT2D eigenvalue weighted by Crippen LogP contribution is 2.44. The van der Waals surface area contributed by atoms with Crippen LogP contribution in [0.25, 0.3) is 11.1 Å². The number of rotatable bonds is 7. The Bertz CT molecular complexity index is 744. The van der Waals surface area contributed by atoms with E-state index in [-0.39, 0.29) is 6.67 Å². The Morgan fingerprint density at radius 1 is 0.700 bits per heavy atom. The van der Waals surface area contributed by atoms with Crippen LogP contribution in [-0.2, 0) is 6.42 Å². The van der Waals surface area contributed by atoms with Gasteiger partial charge in [-0.15, -0.1) is 0 Å². The molecule has 2 aliphatic rings. The van der Waals surface area contributed by atoms with Gasteiger partial charge in [-0.05, 0) is 97.3 Å². The molecule has 1 heteroatoms. The Labute approximate surface area is 183 Å². The molecule has 4 rings (SSSR count). The third kappa shape index (κ3) is 5.34. The third-order valence-electron chi connectivity index (χ3n) is 8.06. The molecule has 0 unspecified atom stereocenters. The van der Waals surface area contributed by atoms with Crippen molar-refractivity contribution in [3.05, 3.63) is 59.7 Å². The van der Waals surface area contributed by atoms with Gasteiger partial charge >= 0.3 is 0 Å². The average Bonchev–Trinajstić information content (AvgIpc) is 2.81. The second kappa shape index (κ2) is 10.6. The highest BCUT2D eigenvalue weighted by molar-refractivity contribution is 5.64. The van der Waals surface area contributed by atoms with Gasteiger partial charge in [-0.25, -0.2) is 0 Å². The molecule has 2 saturated carbocycles. The first-order valence-corrected chi connectivity index (χ1v) is 12.5. The average molecular weight is 407 g/mol. The summed E-state index contributed by atoms with van der Waals surface area (Å²) in [5, 5.41) is 0. The monoisotopic (exact) mass is 406 g/mol. The second-order valence-corrected chi connectivity index (χ2v) is 9.94. The molecule has 0 nitrogen and oxygen atoms in total. The Balaban J connectivity index is 1.29. The van der Waals surface area contributed by atoms with Crippen LogP contribution >= 0.6 is 0 Å². The first kappa shape index (κ1) is 21.6. The SMILES string of the molecule is CCCc1ccc(-c2ccc(C3CCC([C@H]4CC[C@H](CCF)CC4)CC3)cc2)cc1. The molecule has 0 saturated heterocycles. The number of hydrogen-bond acceptors (Lipinski definition) is 0. The smallest absolute Gasteiger partial charge is 0.0897 e. The molecule has 0 bridgehead atoms. The predicted molar refractivity (Wildman–Crippen MR) is 127 cm³/mol. The van der Waals surface area contributed by atoms with E-state index < -0.39 is 0 Å². The van der Waals surface area contributed by atoms with Gasteiger partial charge in [0.25, 0.3) is 0 Å². The van der Waals surface area contributed by atoms with Gasteiger partial charge in [0.05, 0.1) is 6.67 Å². The van der Waals surface area contributed by atoms with Crippen molar-refractivity contribution < 1.29 is 4.39 Å². The van der Waals surface area contributed by atoms with Gasteiger partial charge < -0.3 is 0 Å². The van der Waals surface area contributed by atoms with E-state index in [9.17, 15) is 4.39 Å². The van der Waals surface area contributed by atoms with Crippen LogP contribution in [-0.4, -0.2) is 6.67 Å². The fraction of sp³-hybridized carbons (Fsp3) is 0.586. The van der Waals surface area contributed by atoms with E-state index in [0.717, 1.165) is 24.2 Å². The van der Waals surface area contributed by atoms with Crippen molar-refractivity contribution in [2.75, 3.05) is 6.67 Å². The Kier molecular flexibility index (Phi) is 7.63. The van der Waals surface area contributed by atoms with Gasteiger partial charge in [-0.1, -0.05) is 74.7 Å². The van der Waals surface area contributed by atoms with Gasteiger partial charge in [-0.3, -0.25) is 4.39 Å². The number of aryl methyl sites for hydroxylation is 1. The minimum absolute atomic E-state index is 0.122. The van der Waals surface area contributed by atoms with E-state index in [4.69, 9.17) is 0 Å².